The van der Waals surface area contributed by atoms with Gasteiger partial charge in [0, 0.05) is 4.88 Å². The molecule has 2 heterocycles. The summed E-state index contributed by atoms with van der Waals surface area (Å²) in [5.74, 6) is 0.327. The third-order valence-corrected chi connectivity index (χ3v) is 5.16. The van der Waals surface area contributed by atoms with E-state index in [4.69, 9.17) is 4.42 Å². The van der Waals surface area contributed by atoms with Crippen LogP contribution in [0, 0.1) is 6.92 Å². The number of furan rings is 1. The monoisotopic (exact) mass is 297 g/mol. The Bertz CT molecular complexity index is 574. The maximum absolute atomic E-state index is 12.0. The fourth-order valence-electron chi connectivity index (χ4n) is 1.70. The molecule has 0 aliphatic carbocycles. The highest BCUT2D eigenvalue weighted by Crippen LogP contribution is 2.18. The first kappa shape index (κ1) is 14.0. The van der Waals surface area contributed by atoms with Gasteiger partial charge in [0.2, 0.25) is 5.91 Å². The smallest absolute Gasteiger partial charge is 0.233 e. The summed E-state index contributed by atoms with van der Waals surface area (Å²) < 4.78 is 17.1. The molecule has 2 atom stereocenters. The van der Waals surface area contributed by atoms with Gasteiger partial charge in [-0.3, -0.25) is 9.00 Å². The molecule has 0 saturated heterocycles. The molecule has 2 aromatic rings. The van der Waals surface area contributed by atoms with Gasteiger partial charge < -0.3 is 9.73 Å². The molecule has 6 heteroatoms. The molecule has 0 aromatic carbocycles. The molecule has 0 radical (unpaired) electrons. The van der Waals surface area contributed by atoms with Gasteiger partial charge in [0.05, 0.1) is 28.0 Å². The summed E-state index contributed by atoms with van der Waals surface area (Å²) in [7, 11) is -1.36. The van der Waals surface area contributed by atoms with Gasteiger partial charge in [-0.1, -0.05) is 6.07 Å². The lowest BCUT2D eigenvalue weighted by Crippen LogP contribution is -2.30. The number of carbonyl (C=O) groups is 1. The molecule has 2 rings (SSSR count). The SMILES string of the molecule is Cc1occc1S(=O)CC(=O)NC(C)c1cccs1. The molecular weight excluding hydrogens is 282 g/mol. The number of nitrogens with one attached hydrogen (secondary N) is 1. The second-order valence-corrected chi connectivity index (χ2v) is 6.53. The van der Waals surface area contributed by atoms with Crippen LogP contribution < -0.4 is 5.32 Å². The zero-order chi connectivity index (χ0) is 13.8. The van der Waals surface area contributed by atoms with E-state index in [1.54, 1.807) is 24.3 Å². The third kappa shape index (κ3) is 3.54. The molecule has 19 heavy (non-hydrogen) atoms. The molecule has 0 aliphatic rings. The van der Waals surface area contributed by atoms with Gasteiger partial charge in [-0.25, -0.2) is 0 Å². The molecule has 0 fully saturated rings. The van der Waals surface area contributed by atoms with Gasteiger partial charge in [0.25, 0.3) is 0 Å². The largest absolute Gasteiger partial charge is 0.468 e. The van der Waals surface area contributed by atoms with Crippen LogP contribution in [0.3, 0.4) is 0 Å². The summed E-state index contributed by atoms with van der Waals surface area (Å²) in [6.45, 7) is 3.65. The minimum Gasteiger partial charge on any atom is -0.468 e. The molecule has 4 nitrogen and oxygen atoms in total. The van der Waals surface area contributed by atoms with Crippen LogP contribution in [0.1, 0.15) is 23.6 Å². The molecule has 102 valence electrons. The summed E-state index contributed by atoms with van der Waals surface area (Å²) >= 11 is 1.59. The predicted octanol–water partition coefficient (Wildman–Crippen LogP) is 2.63. The molecule has 0 spiro atoms. The van der Waals surface area contributed by atoms with E-state index in [9.17, 15) is 9.00 Å². The van der Waals surface area contributed by atoms with Gasteiger partial charge in [0.15, 0.2) is 0 Å². The maximum Gasteiger partial charge on any atom is 0.233 e. The summed E-state index contributed by atoms with van der Waals surface area (Å²) in [6.07, 6.45) is 1.48. The Kier molecular flexibility index (Phi) is 4.55. The Morgan fingerprint density at radius 1 is 1.53 bits per heavy atom. The van der Waals surface area contributed by atoms with Gasteiger partial charge in [-0.05, 0) is 31.4 Å². The lowest BCUT2D eigenvalue weighted by molar-refractivity contribution is -0.119. The van der Waals surface area contributed by atoms with Crippen molar-refractivity contribution in [2.45, 2.75) is 24.8 Å². The van der Waals surface area contributed by atoms with Crippen LogP contribution in [0.4, 0.5) is 0 Å². The molecule has 0 aliphatic heterocycles. The quantitative estimate of drug-likeness (QED) is 0.923. The summed E-state index contributed by atoms with van der Waals surface area (Å²) in [4.78, 5) is 13.5. The van der Waals surface area contributed by atoms with Crippen LogP contribution >= 0.6 is 11.3 Å². The van der Waals surface area contributed by atoms with Gasteiger partial charge >= 0.3 is 0 Å². The number of hydrogen-bond acceptors (Lipinski definition) is 4. The number of rotatable bonds is 5. The maximum atomic E-state index is 12.0. The van der Waals surface area contributed by atoms with Crippen LogP contribution in [0.25, 0.3) is 0 Å². The standard InChI is InChI=1S/C13H15NO3S2/c1-9(11-4-3-7-18-11)14-13(15)8-19(16)12-5-6-17-10(12)2/h3-7,9H,8H2,1-2H3,(H,14,15). The minimum atomic E-state index is -1.36. The van der Waals surface area contributed by atoms with Crippen molar-refractivity contribution < 1.29 is 13.4 Å². The van der Waals surface area contributed by atoms with E-state index >= 15 is 0 Å². The van der Waals surface area contributed by atoms with Crippen molar-refractivity contribution in [3.8, 4) is 0 Å². The highest BCUT2D eigenvalue weighted by molar-refractivity contribution is 7.85. The fraction of sp³-hybridized carbons (Fsp3) is 0.308. The van der Waals surface area contributed by atoms with E-state index in [0.29, 0.717) is 10.7 Å². The summed E-state index contributed by atoms with van der Waals surface area (Å²) in [5, 5.41) is 4.81. The Balaban J connectivity index is 1.91. The molecular formula is C13H15NO3S2. The molecule has 0 saturated carbocycles. The lowest BCUT2D eigenvalue weighted by Gasteiger charge is -2.11. The first-order valence-electron chi connectivity index (χ1n) is 5.83. The zero-order valence-corrected chi connectivity index (χ0v) is 12.3. The van der Waals surface area contributed by atoms with Crippen molar-refractivity contribution in [3.05, 3.63) is 40.5 Å². The van der Waals surface area contributed by atoms with Crippen LogP contribution in [-0.2, 0) is 15.6 Å². The molecule has 1 amide bonds. The molecule has 2 aromatic heterocycles. The third-order valence-electron chi connectivity index (χ3n) is 2.67. The van der Waals surface area contributed by atoms with Crippen molar-refractivity contribution >= 4 is 28.0 Å². The Morgan fingerprint density at radius 2 is 2.32 bits per heavy atom. The van der Waals surface area contributed by atoms with Crippen molar-refractivity contribution in [1.29, 1.82) is 0 Å². The van der Waals surface area contributed by atoms with Gasteiger partial charge in [-0.2, -0.15) is 0 Å². The van der Waals surface area contributed by atoms with E-state index in [0.717, 1.165) is 4.88 Å². The average Bonchev–Trinajstić information content (AvgIpc) is 2.98. The summed E-state index contributed by atoms with van der Waals surface area (Å²) in [5.41, 5.74) is 0. The first-order chi connectivity index (χ1) is 9.08. The highest BCUT2D eigenvalue weighted by Gasteiger charge is 2.16. The minimum absolute atomic E-state index is 0.0455. The normalized spacial score (nSPS) is 14.0. The number of thiophene rings is 1. The number of aryl methyl sites for hydroxylation is 1. The Labute approximate surface area is 118 Å². The zero-order valence-electron chi connectivity index (χ0n) is 10.7. The van der Waals surface area contributed by atoms with E-state index < -0.39 is 10.8 Å². The van der Waals surface area contributed by atoms with Crippen molar-refractivity contribution in [1.82, 2.24) is 5.32 Å². The van der Waals surface area contributed by atoms with Crippen molar-refractivity contribution in [2.24, 2.45) is 0 Å². The van der Waals surface area contributed by atoms with Crippen molar-refractivity contribution in [2.75, 3.05) is 5.75 Å². The van der Waals surface area contributed by atoms with Crippen LogP contribution in [0.15, 0.2) is 39.2 Å². The molecule has 0 bridgehead atoms. The first-order valence-corrected chi connectivity index (χ1v) is 8.03. The highest BCUT2D eigenvalue weighted by atomic mass is 32.2. The second kappa shape index (κ2) is 6.16. The van der Waals surface area contributed by atoms with E-state index in [-0.39, 0.29) is 17.7 Å². The average molecular weight is 297 g/mol. The lowest BCUT2D eigenvalue weighted by atomic mass is 10.3. The van der Waals surface area contributed by atoms with E-state index in [2.05, 4.69) is 5.32 Å². The van der Waals surface area contributed by atoms with Gasteiger partial charge in [0.1, 0.15) is 11.5 Å². The fourth-order valence-corrected chi connectivity index (χ4v) is 3.49. The van der Waals surface area contributed by atoms with E-state index in [1.165, 1.54) is 6.26 Å². The summed E-state index contributed by atoms with van der Waals surface area (Å²) in [6, 6.07) is 5.49. The number of hydrogen-bond donors (Lipinski definition) is 1. The predicted molar refractivity (Wildman–Crippen MR) is 75.6 cm³/mol. The van der Waals surface area contributed by atoms with E-state index in [1.807, 2.05) is 24.4 Å². The van der Waals surface area contributed by atoms with Crippen molar-refractivity contribution in [3.63, 3.8) is 0 Å². The van der Waals surface area contributed by atoms with Crippen LogP contribution in [0.2, 0.25) is 0 Å². The number of amides is 1. The van der Waals surface area contributed by atoms with Gasteiger partial charge in [-0.15, -0.1) is 11.3 Å². The van der Waals surface area contributed by atoms with Crippen LogP contribution in [-0.4, -0.2) is 15.9 Å². The Morgan fingerprint density at radius 3 is 2.89 bits per heavy atom. The topological polar surface area (TPSA) is 59.3 Å². The molecule has 1 N–H and O–H groups in total. The van der Waals surface area contributed by atoms with Crippen LogP contribution in [0.5, 0.6) is 0 Å². The Hall–Kier alpha value is -1.40. The number of carbonyl (C=O) groups excluding carboxylic acids is 1. The molecule has 2 unspecified atom stereocenters. The second-order valence-electron chi connectivity index (χ2n) is 4.14.